The third-order valence-corrected chi connectivity index (χ3v) is 10.1. The molecule has 6 aromatic carbocycles. The lowest BCUT2D eigenvalue weighted by Gasteiger charge is -2.20. The van der Waals surface area contributed by atoms with E-state index >= 15 is 0 Å². The molecular weight excluding hydrogens is 629 g/mol. The van der Waals surface area contributed by atoms with Crippen LogP contribution >= 0.6 is 0 Å². The van der Waals surface area contributed by atoms with Gasteiger partial charge in [-0.1, -0.05) is 146 Å². The summed E-state index contributed by atoms with van der Waals surface area (Å²) in [5, 5.41) is 2.59. The highest BCUT2D eigenvalue weighted by molar-refractivity contribution is 6.10. The maximum Gasteiger partial charge on any atom is 0.0712 e. The van der Waals surface area contributed by atoms with Crippen molar-refractivity contribution in [2.24, 2.45) is 5.92 Å². The Morgan fingerprint density at radius 3 is 1.77 bits per heavy atom. The molecule has 0 saturated heterocycles. The van der Waals surface area contributed by atoms with Crippen LogP contribution in [-0.4, -0.2) is 9.55 Å². The summed E-state index contributed by atoms with van der Waals surface area (Å²) < 4.78 is 2.37. The summed E-state index contributed by atoms with van der Waals surface area (Å²) in [6, 6.07) is 58.0. The van der Waals surface area contributed by atoms with E-state index in [1.54, 1.807) is 0 Å². The zero-order valence-electron chi connectivity index (χ0n) is 30.0. The molecule has 52 heavy (non-hydrogen) atoms. The van der Waals surface area contributed by atoms with Gasteiger partial charge in [0.05, 0.1) is 22.4 Å². The van der Waals surface area contributed by atoms with Crippen molar-refractivity contribution < 1.29 is 0 Å². The Morgan fingerprint density at radius 2 is 1.12 bits per heavy atom. The number of nitrogens with zero attached hydrogens (tertiary/aromatic N) is 2. The average Bonchev–Trinajstić information content (AvgIpc) is 3.53. The van der Waals surface area contributed by atoms with E-state index in [9.17, 15) is 0 Å². The minimum atomic E-state index is 0.569. The van der Waals surface area contributed by atoms with Crippen LogP contribution in [0.5, 0.6) is 0 Å². The number of para-hydroxylation sites is 2. The molecule has 0 amide bonds. The molecule has 2 heterocycles. The lowest BCUT2D eigenvalue weighted by Crippen LogP contribution is -2.02. The van der Waals surface area contributed by atoms with Crippen LogP contribution in [0.2, 0.25) is 0 Å². The summed E-state index contributed by atoms with van der Waals surface area (Å²) in [7, 11) is 0. The quantitative estimate of drug-likeness (QED) is 0.178. The lowest BCUT2D eigenvalue weighted by molar-refractivity contribution is 0.758. The smallest absolute Gasteiger partial charge is 0.0712 e. The molecule has 0 N–H and O–H groups in total. The summed E-state index contributed by atoms with van der Waals surface area (Å²) in [5.74, 6) is 0.569. The highest BCUT2D eigenvalue weighted by Crippen LogP contribution is 2.37. The molecule has 9 rings (SSSR count). The van der Waals surface area contributed by atoms with Crippen LogP contribution in [0.3, 0.4) is 0 Å². The van der Waals surface area contributed by atoms with E-state index in [1.807, 2.05) is 36.4 Å². The van der Waals surface area contributed by atoms with Gasteiger partial charge in [-0.05, 0) is 102 Å². The minimum absolute atomic E-state index is 0.569. The first-order chi connectivity index (χ1) is 25.5. The summed E-state index contributed by atoms with van der Waals surface area (Å²) in [5.41, 5.74) is 16.0. The van der Waals surface area contributed by atoms with Gasteiger partial charge in [0, 0.05) is 27.6 Å². The minimum Gasteiger partial charge on any atom is -0.309 e. The second-order valence-corrected chi connectivity index (χ2v) is 13.8. The molecule has 252 valence electrons. The first kappa shape index (κ1) is 32.9. The summed E-state index contributed by atoms with van der Waals surface area (Å²) >= 11 is 0. The lowest BCUT2D eigenvalue weighted by atomic mass is 9.85. The fourth-order valence-electron chi connectivity index (χ4n) is 7.46. The number of pyridine rings is 1. The van der Waals surface area contributed by atoms with Gasteiger partial charge in [-0.3, -0.25) is 0 Å². The van der Waals surface area contributed by atoms with Gasteiger partial charge in [0.2, 0.25) is 0 Å². The molecule has 0 fully saturated rings. The molecule has 0 saturated carbocycles. The van der Waals surface area contributed by atoms with Gasteiger partial charge >= 0.3 is 0 Å². The van der Waals surface area contributed by atoms with E-state index in [-0.39, 0.29) is 0 Å². The van der Waals surface area contributed by atoms with Gasteiger partial charge in [0.25, 0.3) is 0 Å². The van der Waals surface area contributed by atoms with Gasteiger partial charge in [-0.25, -0.2) is 4.98 Å². The normalized spacial score (nSPS) is 13.8. The highest BCUT2D eigenvalue weighted by Gasteiger charge is 2.16. The zero-order valence-corrected chi connectivity index (χ0v) is 30.0. The Morgan fingerprint density at radius 1 is 0.538 bits per heavy atom. The number of aromatic nitrogens is 2. The van der Waals surface area contributed by atoms with Crippen LogP contribution in [0.4, 0.5) is 0 Å². The van der Waals surface area contributed by atoms with E-state index < -0.39 is 0 Å². The monoisotopic (exact) mass is 670 g/mol. The van der Waals surface area contributed by atoms with Gasteiger partial charge < -0.3 is 4.57 Å². The van der Waals surface area contributed by atoms with Crippen LogP contribution < -0.4 is 0 Å². The van der Waals surface area contributed by atoms with Gasteiger partial charge in [-0.15, -0.1) is 0 Å². The van der Waals surface area contributed by atoms with Crippen molar-refractivity contribution in [1.29, 1.82) is 0 Å². The number of fused-ring (bicyclic) bond motifs is 3. The molecule has 1 aliphatic rings. The third-order valence-electron chi connectivity index (χ3n) is 10.1. The molecule has 0 spiro atoms. The summed E-state index contributed by atoms with van der Waals surface area (Å²) in [6.45, 7) is 6.67. The Hall–Kier alpha value is -6.25. The van der Waals surface area contributed by atoms with Gasteiger partial charge in [0.15, 0.2) is 0 Å². The van der Waals surface area contributed by atoms with E-state index in [1.165, 1.54) is 60.9 Å². The predicted molar refractivity (Wildman–Crippen MR) is 222 cm³/mol. The number of aryl methyl sites for hydroxylation is 2. The molecule has 0 radical (unpaired) electrons. The molecule has 0 aliphatic heterocycles. The van der Waals surface area contributed by atoms with Crippen molar-refractivity contribution in [3.63, 3.8) is 0 Å². The van der Waals surface area contributed by atoms with E-state index in [0.29, 0.717) is 5.92 Å². The average molecular weight is 671 g/mol. The fourth-order valence-corrected chi connectivity index (χ4v) is 7.46. The molecule has 0 bridgehead atoms. The van der Waals surface area contributed by atoms with Gasteiger partial charge in [0.1, 0.15) is 0 Å². The van der Waals surface area contributed by atoms with Gasteiger partial charge in [-0.2, -0.15) is 0 Å². The Labute approximate surface area is 307 Å². The molecular formula is C50H42N2. The molecule has 1 unspecified atom stereocenters. The number of hydrogen-bond donors (Lipinski definition) is 0. The molecule has 1 aliphatic carbocycles. The summed E-state index contributed by atoms with van der Waals surface area (Å²) in [6.07, 6.45) is 7.86. The number of allylic oxidation sites excluding steroid dienone is 4. The predicted octanol–water partition coefficient (Wildman–Crippen LogP) is 13.5. The van der Waals surface area contributed by atoms with E-state index in [4.69, 9.17) is 4.98 Å². The first-order valence-electron chi connectivity index (χ1n) is 18.2. The van der Waals surface area contributed by atoms with Crippen molar-refractivity contribution in [3.05, 3.63) is 199 Å². The molecule has 2 nitrogen and oxygen atoms in total. The van der Waals surface area contributed by atoms with E-state index in [0.717, 1.165) is 28.9 Å². The maximum atomic E-state index is 4.77. The fraction of sp³-hybridized carbons (Fsp3) is 0.100. The number of rotatable bonds is 5. The molecule has 8 aromatic rings. The molecule has 1 atom stereocenters. The van der Waals surface area contributed by atoms with E-state index in [2.05, 4.69) is 171 Å². The second-order valence-electron chi connectivity index (χ2n) is 13.8. The number of benzene rings is 6. The molecule has 2 heteroatoms. The van der Waals surface area contributed by atoms with Crippen molar-refractivity contribution in [1.82, 2.24) is 9.55 Å². The van der Waals surface area contributed by atoms with Crippen molar-refractivity contribution in [3.8, 4) is 39.3 Å². The van der Waals surface area contributed by atoms with Crippen LogP contribution in [-0.2, 0) is 0 Å². The second kappa shape index (κ2) is 14.5. The van der Waals surface area contributed by atoms with Crippen LogP contribution in [0.25, 0.3) is 66.7 Å². The van der Waals surface area contributed by atoms with Crippen molar-refractivity contribution >= 4 is 27.4 Å². The Bertz CT molecular complexity index is 2500. The Kier molecular flexibility index (Phi) is 9.21. The van der Waals surface area contributed by atoms with Crippen LogP contribution in [0.1, 0.15) is 30.0 Å². The van der Waals surface area contributed by atoms with Crippen LogP contribution in [0, 0.1) is 19.8 Å². The molecule has 2 aromatic heterocycles. The largest absolute Gasteiger partial charge is 0.309 e. The maximum absolute atomic E-state index is 4.77. The summed E-state index contributed by atoms with van der Waals surface area (Å²) in [4.78, 5) is 4.77. The van der Waals surface area contributed by atoms with Crippen LogP contribution in [0.15, 0.2) is 182 Å². The standard InChI is InChI=1S/C32H27N.C18H15N/c1-22-10-6-7-13-27(22)28-18-16-24(20-23(28)2)25-17-19-32-30(21-25)29-14-8-9-15-31(29)33(32)26-11-4-3-5-12-26;1-14-12-17(15-8-4-2-5-9-15)19-18(13-14)16-10-6-3-7-11-16/h3-9,11-22H,10H2,1-2H3;2-13H,1H3. The number of hydrogen-bond acceptors (Lipinski definition) is 1. The Balaban J connectivity index is 0.000000173. The zero-order chi connectivity index (χ0) is 35.4. The van der Waals surface area contributed by atoms with Crippen molar-refractivity contribution in [2.75, 3.05) is 0 Å². The topological polar surface area (TPSA) is 17.8 Å². The van der Waals surface area contributed by atoms with Crippen molar-refractivity contribution in [2.45, 2.75) is 27.2 Å². The SMILES string of the molecule is Cc1cc(-c2ccc3c(c2)c2ccccc2n3-c2ccccc2)ccc1C1=CC=CCC1C.Cc1cc(-c2ccccc2)nc(-c2ccccc2)c1. The third kappa shape index (κ3) is 6.64. The highest BCUT2D eigenvalue weighted by atomic mass is 15.0. The first-order valence-corrected chi connectivity index (χ1v) is 18.2.